The molecule has 0 fully saturated rings. The van der Waals surface area contributed by atoms with Gasteiger partial charge in [-0.3, -0.25) is 0 Å². The molecule has 186 valence electrons. The van der Waals surface area contributed by atoms with Gasteiger partial charge >= 0.3 is 0 Å². The Balaban J connectivity index is 1.73. The SMILES string of the molecule is Cc1cc(C)c(Cc2cc(Cc3cc(C)c(C)c(-c4cc(C)c(C)cc4C)c3)cc(C)c2C)cc1C. The summed E-state index contributed by atoms with van der Waals surface area (Å²) in [6.45, 7) is 22.4. The molecular formula is C36H42. The first-order chi connectivity index (χ1) is 16.9. The molecule has 0 aliphatic heterocycles. The Morgan fingerprint density at radius 2 is 0.861 bits per heavy atom. The van der Waals surface area contributed by atoms with Crippen molar-refractivity contribution in [1.29, 1.82) is 0 Å². The van der Waals surface area contributed by atoms with Gasteiger partial charge in [-0.25, -0.2) is 0 Å². The van der Waals surface area contributed by atoms with Crippen LogP contribution in [-0.2, 0) is 12.8 Å². The Morgan fingerprint density at radius 3 is 1.53 bits per heavy atom. The van der Waals surface area contributed by atoms with Gasteiger partial charge in [-0.05, 0) is 171 Å². The van der Waals surface area contributed by atoms with Crippen molar-refractivity contribution in [3.05, 3.63) is 126 Å². The highest BCUT2D eigenvalue weighted by molar-refractivity contribution is 5.73. The molecule has 0 N–H and O–H groups in total. The third kappa shape index (κ3) is 5.19. The molecule has 0 saturated carbocycles. The first-order valence-electron chi connectivity index (χ1n) is 13.3. The van der Waals surface area contributed by atoms with Gasteiger partial charge in [-0.2, -0.15) is 0 Å². The van der Waals surface area contributed by atoms with Gasteiger partial charge in [0.1, 0.15) is 0 Å². The van der Waals surface area contributed by atoms with Crippen LogP contribution in [0.3, 0.4) is 0 Å². The third-order valence-electron chi connectivity index (χ3n) is 8.43. The highest BCUT2D eigenvalue weighted by atomic mass is 14.2. The maximum absolute atomic E-state index is 2.45. The monoisotopic (exact) mass is 474 g/mol. The Labute approximate surface area is 219 Å². The lowest BCUT2D eigenvalue weighted by molar-refractivity contribution is 1.07. The van der Waals surface area contributed by atoms with Crippen molar-refractivity contribution in [2.45, 2.75) is 82.1 Å². The number of rotatable bonds is 5. The van der Waals surface area contributed by atoms with Gasteiger partial charge in [0.15, 0.2) is 0 Å². The molecule has 0 heterocycles. The van der Waals surface area contributed by atoms with Gasteiger partial charge in [0, 0.05) is 0 Å². The molecule has 4 aromatic rings. The number of hydrogen-bond donors (Lipinski definition) is 0. The minimum absolute atomic E-state index is 0.956. The first kappa shape index (κ1) is 26.0. The van der Waals surface area contributed by atoms with Crippen LogP contribution in [0.25, 0.3) is 11.1 Å². The van der Waals surface area contributed by atoms with E-state index in [-0.39, 0.29) is 0 Å². The fourth-order valence-electron chi connectivity index (χ4n) is 5.52. The molecule has 0 unspecified atom stereocenters. The lowest BCUT2D eigenvalue weighted by atomic mass is 9.87. The summed E-state index contributed by atoms with van der Waals surface area (Å²) in [5, 5.41) is 0. The fraction of sp³-hybridized carbons (Fsp3) is 0.333. The van der Waals surface area contributed by atoms with E-state index in [0.717, 1.165) is 12.8 Å². The molecule has 0 aliphatic rings. The van der Waals surface area contributed by atoms with Gasteiger partial charge in [-0.15, -0.1) is 0 Å². The quantitative estimate of drug-likeness (QED) is 0.270. The first-order valence-corrected chi connectivity index (χ1v) is 13.3. The molecule has 0 spiro atoms. The number of benzene rings is 4. The van der Waals surface area contributed by atoms with Crippen molar-refractivity contribution >= 4 is 0 Å². The summed E-state index contributed by atoms with van der Waals surface area (Å²) in [4.78, 5) is 0. The molecule has 0 amide bonds. The molecule has 0 atom stereocenters. The molecule has 0 bridgehead atoms. The molecule has 4 aromatic carbocycles. The van der Waals surface area contributed by atoms with E-state index < -0.39 is 0 Å². The Hall–Kier alpha value is -3.12. The van der Waals surface area contributed by atoms with Crippen molar-refractivity contribution in [2.75, 3.05) is 0 Å². The van der Waals surface area contributed by atoms with E-state index >= 15 is 0 Å². The topological polar surface area (TPSA) is 0 Å². The normalized spacial score (nSPS) is 11.3. The van der Waals surface area contributed by atoms with E-state index in [4.69, 9.17) is 0 Å². The molecule has 0 saturated heterocycles. The molecule has 36 heavy (non-hydrogen) atoms. The zero-order valence-electron chi connectivity index (χ0n) is 24.0. The number of hydrogen-bond acceptors (Lipinski definition) is 0. The zero-order chi connectivity index (χ0) is 26.3. The molecule has 0 heteroatoms. The second-order valence-electron chi connectivity index (χ2n) is 11.3. The summed E-state index contributed by atoms with van der Waals surface area (Å²) in [6.07, 6.45) is 1.95. The average Bonchev–Trinajstić information content (AvgIpc) is 2.80. The van der Waals surface area contributed by atoms with Crippen molar-refractivity contribution in [3.8, 4) is 11.1 Å². The van der Waals surface area contributed by atoms with E-state index in [2.05, 4.69) is 118 Å². The van der Waals surface area contributed by atoms with Gasteiger partial charge in [0.25, 0.3) is 0 Å². The minimum atomic E-state index is 0.956. The van der Waals surface area contributed by atoms with Crippen LogP contribution in [0.4, 0.5) is 0 Å². The second-order valence-corrected chi connectivity index (χ2v) is 11.3. The van der Waals surface area contributed by atoms with Crippen molar-refractivity contribution in [2.24, 2.45) is 0 Å². The molecule has 0 radical (unpaired) electrons. The summed E-state index contributed by atoms with van der Waals surface area (Å²) >= 11 is 0. The average molecular weight is 475 g/mol. The van der Waals surface area contributed by atoms with E-state index in [1.54, 1.807) is 0 Å². The van der Waals surface area contributed by atoms with Crippen LogP contribution in [-0.4, -0.2) is 0 Å². The van der Waals surface area contributed by atoms with Gasteiger partial charge in [-0.1, -0.05) is 48.5 Å². The zero-order valence-corrected chi connectivity index (χ0v) is 24.0. The maximum Gasteiger partial charge on any atom is -0.00202 e. The van der Waals surface area contributed by atoms with Crippen LogP contribution < -0.4 is 0 Å². The molecule has 0 nitrogen and oxygen atoms in total. The highest BCUT2D eigenvalue weighted by Gasteiger charge is 2.13. The summed E-state index contributed by atoms with van der Waals surface area (Å²) in [7, 11) is 0. The molecule has 4 rings (SSSR count). The second kappa shape index (κ2) is 10.1. The predicted molar refractivity (Wildman–Crippen MR) is 158 cm³/mol. The summed E-state index contributed by atoms with van der Waals surface area (Å²) in [5.74, 6) is 0. The van der Waals surface area contributed by atoms with Crippen LogP contribution in [0, 0.1) is 69.2 Å². The van der Waals surface area contributed by atoms with Crippen LogP contribution in [0.5, 0.6) is 0 Å². The Bertz CT molecular complexity index is 1460. The van der Waals surface area contributed by atoms with Gasteiger partial charge in [0.2, 0.25) is 0 Å². The smallest absolute Gasteiger partial charge is 0.00202 e. The van der Waals surface area contributed by atoms with E-state index in [0.29, 0.717) is 0 Å². The Morgan fingerprint density at radius 1 is 0.333 bits per heavy atom. The van der Waals surface area contributed by atoms with Crippen LogP contribution in [0.2, 0.25) is 0 Å². The molecular weight excluding hydrogens is 432 g/mol. The standard InChI is InChI=1S/C36H42/c1-21-11-27(7)33(15-23(21)3)20-34-18-31(13-25(5)29(34)9)17-32-14-26(6)30(10)36(19-32)35-16-24(4)22(2)12-28(35)8/h11-16,18-19H,17,20H2,1-10H3. The number of aryl methyl sites for hydroxylation is 8. The van der Waals surface area contributed by atoms with Crippen molar-refractivity contribution in [3.63, 3.8) is 0 Å². The Kier molecular flexibility index (Phi) is 7.28. The fourth-order valence-corrected chi connectivity index (χ4v) is 5.52. The lowest BCUT2D eigenvalue weighted by Crippen LogP contribution is -2.01. The maximum atomic E-state index is 2.45. The van der Waals surface area contributed by atoms with Gasteiger partial charge in [0.05, 0.1) is 0 Å². The van der Waals surface area contributed by atoms with E-state index in [1.807, 2.05) is 0 Å². The van der Waals surface area contributed by atoms with Crippen LogP contribution in [0.15, 0.2) is 48.5 Å². The van der Waals surface area contributed by atoms with E-state index in [9.17, 15) is 0 Å². The summed E-state index contributed by atoms with van der Waals surface area (Å²) in [6, 6.07) is 19.1. The summed E-state index contributed by atoms with van der Waals surface area (Å²) in [5.41, 5.74) is 22.2. The summed E-state index contributed by atoms with van der Waals surface area (Å²) < 4.78 is 0. The van der Waals surface area contributed by atoms with Crippen LogP contribution in [0.1, 0.15) is 77.9 Å². The molecule has 0 aliphatic carbocycles. The van der Waals surface area contributed by atoms with Crippen molar-refractivity contribution in [1.82, 2.24) is 0 Å². The third-order valence-corrected chi connectivity index (χ3v) is 8.43. The van der Waals surface area contributed by atoms with E-state index in [1.165, 1.54) is 89.0 Å². The largest absolute Gasteiger partial charge is 0.0558 e. The minimum Gasteiger partial charge on any atom is -0.0558 e. The van der Waals surface area contributed by atoms with Crippen molar-refractivity contribution < 1.29 is 0 Å². The highest BCUT2D eigenvalue weighted by Crippen LogP contribution is 2.33. The molecule has 0 aromatic heterocycles. The van der Waals surface area contributed by atoms with Crippen LogP contribution >= 0.6 is 0 Å². The van der Waals surface area contributed by atoms with Gasteiger partial charge < -0.3 is 0 Å². The lowest BCUT2D eigenvalue weighted by Gasteiger charge is -2.18. The predicted octanol–water partition coefficient (Wildman–Crippen LogP) is 9.62.